The summed E-state index contributed by atoms with van der Waals surface area (Å²) >= 11 is 6.16. The van der Waals surface area contributed by atoms with Crippen LogP contribution in [0.4, 0.5) is 5.69 Å². The number of aromatic nitrogens is 3. The molecule has 2 heterocycles. The van der Waals surface area contributed by atoms with Gasteiger partial charge < -0.3 is 19.5 Å². The average molecular weight is 373 g/mol. The molecule has 0 unspecified atom stereocenters. The van der Waals surface area contributed by atoms with Crippen LogP contribution < -0.4 is 19.5 Å². The average Bonchev–Trinajstić information content (AvgIpc) is 2.68. The molecule has 1 N–H and O–H groups in total. The van der Waals surface area contributed by atoms with Crippen molar-refractivity contribution in [1.82, 2.24) is 15.0 Å². The van der Waals surface area contributed by atoms with Gasteiger partial charge >= 0.3 is 6.01 Å². The van der Waals surface area contributed by atoms with Crippen LogP contribution in [0.2, 0.25) is 5.02 Å². The van der Waals surface area contributed by atoms with E-state index in [1.165, 1.54) is 14.2 Å². The second-order valence-corrected chi connectivity index (χ2v) is 5.53. The van der Waals surface area contributed by atoms with E-state index in [4.69, 9.17) is 25.8 Å². The van der Waals surface area contributed by atoms with E-state index in [0.29, 0.717) is 34.8 Å². The fourth-order valence-corrected chi connectivity index (χ4v) is 2.37. The van der Waals surface area contributed by atoms with Crippen LogP contribution in [0.25, 0.3) is 0 Å². The highest BCUT2D eigenvalue weighted by atomic mass is 35.5. The molecule has 3 rings (SSSR count). The molecule has 0 atom stereocenters. The van der Waals surface area contributed by atoms with Gasteiger partial charge in [-0.25, -0.2) is 0 Å². The number of hydrogen-bond acceptors (Lipinski definition) is 7. The van der Waals surface area contributed by atoms with E-state index in [1.807, 2.05) is 24.3 Å². The number of benzene rings is 1. The number of hydrogen-bond donors (Lipinski definition) is 1. The number of nitrogens with one attached hydrogen (secondary N) is 1. The molecule has 8 heteroatoms. The summed E-state index contributed by atoms with van der Waals surface area (Å²) in [7, 11) is 3.02. The van der Waals surface area contributed by atoms with E-state index in [9.17, 15) is 0 Å². The van der Waals surface area contributed by atoms with Crippen molar-refractivity contribution in [1.29, 1.82) is 0 Å². The minimum absolute atomic E-state index is 0.105. The van der Waals surface area contributed by atoms with E-state index in [1.54, 1.807) is 24.4 Å². The Kier molecular flexibility index (Phi) is 5.70. The molecule has 0 amide bonds. The SMILES string of the molecule is COc1cc(OC)nc(Oc2cccnc2CNc2ccccc2Cl)n1. The molecular weight excluding hydrogens is 356 g/mol. The maximum atomic E-state index is 6.16. The number of nitrogens with zero attached hydrogens (tertiary/aromatic N) is 3. The third-order valence-corrected chi connectivity index (χ3v) is 3.78. The minimum Gasteiger partial charge on any atom is -0.481 e. The van der Waals surface area contributed by atoms with Gasteiger partial charge in [-0.05, 0) is 24.3 Å². The van der Waals surface area contributed by atoms with Gasteiger partial charge in [0, 0.05) is 6.20 Å². The quantitative estimate of drug-likeness (QED) is 0.672. The zero-order chi connectivity index (χ0) is 18.4. The van der Waals surface area contributed by atoms with Crippen molar-refractivity contribution >= 4 is 17.3 Å². The predicted octanol–water partition coefficient (Wildman–Crippen LogP) is 3.95. The van der Waals surface area contributed by atoms with E-state index in [-0.39, 0.29) is 6.01 Å². The lowest BCUT2D eigenvalue weighted by molar-refractivity contribution is 0.347. The topological polar surface area (TPSA) is 78.4 Å². The van der Waals surface area contributed by atoms with Crippen LogP contribution in [0.5, 0.6) is 23.5 Å². The molecule has 0 spiro atoms. The molecule has 3 aromatic rings. The third kappa shape index (κ3) is 4.31. The Labute approximate surface area is 155 Å². The normalized spacial score (nSPS) is 10.3. The summed E-state index contributed by atoms with van der Waals surface area (Å²) in [6.45, 7) is 0.418. The number of rotatable bonds is 7. The van der Waals surface area contributed by atoms with Gasteiger partial charge in [0.15, 0.2) is 5.75 Å². The first-order valence-corrected chi connectivity index (χ1v) is 8.14. The summed E-state index contributed by atoms with van der Waals surface area (Å²) in [5.41, 5.74) is 1.49. The van der Waals surface area contributed by atoms with Gasteiger partial charge in [0.05, 0.1) is 37.5 Å². The second kappa shape index (κ2) is 8.35. The molecular formula is C18H17ClN4O3. The van der Waals surface area contributed by atoms with E-state index < -0.39 is 0 Å². The first-order valence-electron chi connectivity index (χ1n) is 7.77. The van der Waals surface area contributed by atoms with Crippen LogP contribution in [0.3, 0.4) is 0 Å². The first-order chi connectivity index (χ1) is 12.7. The largest absolute Gasteiger partial charge is 0.481 e. The molecule has 0 saturated carbocycles. The van der Waals surface area contributed by atoms with Gasteiger partial charge in [-0.15, -0.1) is 0 Å². The summed E-state index contributed by atoms with van der Waals surface area (Å²) in [5.74, 6) is 1.19. The van der Waals surface area contributed by atoms with Crippen LogP contribution in [0.15, 0.2) is 48.7 Å². The summed E-state index contributed by atoms with van der Waals surface area (Å²) in [6.07, 6.45) is 1.68. The van der Waals surface area contributed by atoms with E-state index in [0.717, 1.165) is 5.69 Å². The Hall–Kier alpha value is -3.06. The lowest BCUT2D eigenvalue weighted by Gasteiger charge is -2.12. The number of para-hydroxylation sites is 1. The fraction of sp³-hybridized carbons (Fsp3) is 0.167. The Morgan fingerprint density at radius 1 is 1.00 bits per heavy atom. The molecule has 7 nitrogen and oxygen atoms in total. The van der Waals surface area contributed by atoms with Crippen molar-refractivity contribution in [2.24, 2.45) is 0 Å². The number of pyridine rings is 1. The zero-order valence-corrected chi connectivity index (χ0v) is 15.0. The molecule has 2 aromatic heterocycles. The third-order valence-electron chi connectivity index (χ3n) is 3.45. The number of anilines is 1. The van der Waals surface area contributed by atoms with E-state index in [2.05, 4.69) is 20.3 Å². The number of ether oxygens (including phenoxy) is 3. The number of methoxy groups -OCH3 is 2. The van der Waals surface area contributed by atoms with Gasteiger partial charge in [0.25, 0.3) is 0 Å². The molecule has 0 aliphatic heterocycles. The molecule has 0 saturated heterocycles. The molecule has 1 aromatic carbocycles. The smallest absolute Gasteiger partial charge is 0.328 e. The van der Waals surface area contributed by atoms with Crippen molar-refractivity contribution < 1.29 is 14.2 Å². The van der Waals surface area contributed by atoms with Crippen LogP contribution >= 0.6 is 11.6 Å². The Balaban J connectivity index is 1.80. The van der Waals surface area contributed by atoms with Gasteiger partial charge in [-0.2, -0.15) is 9.97 Å². The summed E-state index contributed by atoms with van der Waals surface area (Å²) in [4.78, 5) is 12.7. The van der Waals surface area contributed by atoms with Crippen LogP contribution in [-0.2, 0) is 6.54 Å². The highest BCUT2D eigenvalue weighted by molar-refractivity contribution is 6.33. The van der Waals surface area contributed by atoms with Crippen molar-refractivity contribution in [2.45, 2.75) is 6.54 Å². The second-order valence-electron chi connectivity index (χ2n) is 5.12. The standard InChI is InChI=1S/C18H17ClN4O3/c1-24-16-10-17(25-2)23-18(22-16)26-15-8-5-9-20-14(15)11-21-13-7-4-3-6-12(13)19/h3-10,21H,11H2,1-2H3. The summed E-state index contributed by atoms with van der Waals surface area (Å²) in [5, 5.41) is 3.87. The Bertz CT molecular complexity index is 870. The van der Waals surface area contributed by atoms with Gasteiger partial charge in [-0.1, -0.05) is 23.7 Å². The summed E-state index contributed by atoms with van der Waals surface area (Å²) in [6, 6.07) is 12.7. The molecule has 0 radical (unpaired) electrons. The lowest BCUT2D eigenvalue weighted by atomic mass is 10.3. The zero-order valence-electron chi connectivity index (χ0n) is 14.3. The molecule has 0 aliphatic carbocycles. The van der Waals surface area contributed by atoms with Crippen LogP contribution in [-0.4, -0.2) is 29.2 Å². The van der Waals surface area contributed by atoms with Crippen LogP contribution in [0.1, 0.15) is 5.69 Å². The molecule has 0 aliphatic rings. The van der Waals surface area contributed by atoms with Crippen LogP contribution in [0, 0.1) is 0 Å². The van der Waals surface area contributed by atoms with Gasteiger partial charge in [-0.3, -0.25) is 4.98 Å². The highest BCUT2D eigenvalue weighted by Crippen LogP contribution is 2.27. The van der Waals surface area contributed by atoms with Crippen molar-refractivity contribution in [3.05, 3.63) is 59.4 Å². The molecule has 0 bridgehead atoms. The van der Waals surface area contributed by atoms with Gasteiger partial charge in [0.1, 0.15) is 5.69 Å². The minimum atomic E-state index is 0.105. The monoisotopic (exact) mass is 372 g/mol. The van der Waals surface area contributed by atoms with Crippen molar-refractivity contribution in [2.75, 3.05) is 19.5 Å². The number of halogens is 1. The Morgan fingerprint density at radius 3 is 2.42 bits per heavy atom. The van der Waals surface area contributed by atoms with Gasteiger partial charge in [0.2, 0.25) is 11.8 Å². The molecule has 26 heavy (non-hydrogen) atoms. The Morgan fingerprint density at radius 2 is 1.73 bits per heavy atom. The fourth-order valence-electron chi connectivity index (χ4n) is 2.17. The molecule has 0 fully saturated rings. The molecule has 134 valence electrons. The maximum Gasteiger partial charge on any atom is 0.328 e. The predicted molar refractivity (Wildman–Crippen MR) is 98.2 cm³/mol. The highest BCUT2D eigenvalue weighted by Gasteiger charge is 2.11. The maximum absolute atomic E-state index is 6.16. The van der Waals surface area contributed by atoms with Crippen molar-refractivity contribution in [3.8, 4) is 23.5 Å². The summed E-state index contributed by atoms with van der Waals surface area (Å²) < 4.78 is 16.1. The van der Waals surface area contributed by atoms with E-state index >= 15 is 0 Å². The lowest BCUT2D eigenvalue weighted by Crippen LogP contribution is -2.05. The first kappa shape index (κ1) is 17.8. The van der Waals surface area contributed by atoms with Crippen molar-refractivity contribution in [3.63, 3.8) is 0 Å².